The average molecular weight is 382 g/mol. The van der Waals surface area contributed by atoms with Crippen molar-refractivity contribution in [2.45, 2.75) is 25.4 Å². The number of amides is 1. The molecule has 1 saturated heterocycles. The molecule has 0 aromatic heterocycles. The largest absolute Gasteiger partial charge is 0.497 e. The highest BCUT2D eigenvalue weighted by Crippen LogP contribution is 2.25. The Labute approximate surface area is 165 Å². The van der Waals surface area contributed by atoms with Crippen molar-refractivity contribution < 1.29 is 19.1 Å². The Bertz CT molecular complexity index is 820. The summed E-state index contributed by atoms with van der Waals surface area (Å²) in [5, 5.41) is 2.67. The van der Waals surface area contributed by atoms with Gasteiger partial charge in [-0.25, -0.2) is 0 Å². The lowest BCUT2D eigenvalue weighted by atomic mass is 10.0. The van der Waals surface area contributed by atoms with E-state index in [0.29, 0.717) is 6.54 Å². The van der Waals surface area contributed by atoms with E-state index in [1.807, 2.05) is 18.2 Å². The lowest BCUT2D eigenvalue weighted by molar-refractivity contribution is -0.141. The summed E-state index contributed by atoms with van der Waals surface area (Å²) in [4.78, 5) is 25.8. The van der Waals surface area contributed by atoms with Gasteiger partial charge in [0.2, 0.25) is 5.91 Å². The van der Waals surface area contributed by atoms with Gasteiger partial charge in [0.05, 0.1) is 20.3 Å². The van der Waals surface area contributed by atoms with Gasteiger partial charge < -0.3 is 14.8 Å². The van der Waals surface area contributed by atoms with E-state index >= 15 is 0 Å². The van der Waals surface area contributed by atoms with E-state index in [9.17, 15) is 9.59 Å². The second-order valence-electron chi connectivity index (χ2n) is 6.85. The van der Waals surface area contributed by atoms with Gasteiger partial charge in [0, 0.05) is 6.54 Å². The number of rotatable bonds is 7. The van der Waals surface area contributed by atoms with Gasteiger partial charge in [-0.05, 0) is 48.2 Å². The van der Waals surface area contributed by atoms with Crippen LogP contribution in [0.3, 0.4) is 0 Å². The summed E-state index contributed by atoms with van der Waals surface area (Å²) in [5.74, 6) is 0.279. The van der Waals surface area contributed by atoms with Crippen LogP contribution in [0.5, 0.6) is 5.75 Å². The minimum absolute atomic E-state index is 0.0884. The first-order valence-electron chi connectivity index (χ1n) is 9.42. The zero-order chi connectivity index (χ0) is 19.9. The maximum absolute atomic E-state index is 12.4. The maximum Gasteiger partial charge on any atom is 0.325 e. The number of nitrogens with zero attached hydrogens (tertiary/aromatic N) is 1. The molecule has 1 atom stereocenters. The summed E-state index contributed by atoms with van der Waals surface area (Å²) in [6.45, 7) is 1.48. The molecule has 28 heavy (non-hydrogen) atoms. The SMILES string of the molecule is COC(=O)CNC(=O)C1CCCN1Cc1ccc(-c2cccc(OC)c2)cc1. The van der Waals surface area contributed by atoms with E-state index in [1.54, 1.807) is 7.11 Å². The number of hydrogen-bond donors (Lipinski definition) is 1. The molecule has 1 aliphatic rings. The molecule has 1 heterocycles. The third-order valence-electron chi connectivity index (χ3n) is 5.04. The molecule has 148 valence electrons. The van der Waals surface area contributed by atoms with Gasteiger partial charge in [-0.2, -0.15) is 0 Å². The van der Waals surface area contributed by atoms with E-state index in [-0.39, 0.29) is 18.5 Å². The van der Waals surface area contributed by atoms with Gasteiger partial charge in [0.15, 0.2) is 0 Å². The standard InChI is InChI=1S/C22H26N2O4/c1-27-19-6-3-5-18(13-19)17-10-8-16(9-11-17)15-24-12-4-7-20(24)22(26)23-14-21(25)28-2/h3,5-6,8-11,13,20H,4,7,12,14-15H2,1-2H3,(H,23,26). The van der Waals surface area contributed by atoms with Crippen LogP contribution in [0.4, 0.5) is 0 Å². The highest BCUT2D eigenvalue weighted by Gasteiger charge is 2.30. The molecule has 0 aliphatic carbocycles. The van der Waals surface area contributed by atoms with E-state index in [4.69, 9.17) is 4.74 Å². The Hall–Kier alpha value is -2.86. The second kappa shape index (κ2) is 9.37. The second-order valence-corrected chi connectivity index (χ2v) is 6.85. The lowest BCUT2D eigenvalue weighted by Crippen LogP contribution is -2.44. The third kappa shape index (κ3) is 4.89. The summed E-state index contributed by atoms with van der Waals surface area (Å²) in [7, 11) is 2.97. The summed E-state index contributed by atoms with van der Waals surface area (Å²) in [6, 6.07) is 16.1. The van der Waals surface area contributed by atoms with Crippen LogP contribution in [-0.2, 0) is 20.9 Å². The minimum Gasteiger partial charge on any atom is -0.497 e. The molecule has 0 saturated carbocycles. The van der Waals surface area contributed by atoms with Gasteiger partial charge in [0.1, 0.15) is 12.3 Å². The van der Waals surface area contributed by atoms with Gasteiger partial charge in [-0.1, -0.05) is 36.4 Å². The zero-order valence-electron chi connectivity index (χ0n) is 16.3. The molecule has 2 aromatic rings. The number of benzene rings is 2. The van der Waals surface area contributed by atoms with Crippen LogP contribution < -0.4 is 10.1 Å². The normalized spacial score (nSPS) is 16.6. The Morgan fingerprint density at radius 3 is 2.61 bits per heavy atom. The number of esters is 1. The van der Waals surface area contributed by atoms with Gasteiger partial charge in [-0.3, -0.25) is 14.5 Å². The fourth-order valence-corrected chi connectivity index (χ4v) is 3.50. The van der Waals surface area contributed by atoms with Crippen LogP contribution in [0, 0.1) is 0 Å². The number of carbonyl (C=O) groups excluding carboxylic acids is 2. The molecule has 3 rings (SSSR count). The highest BCUT2D eigenvalue weighted by molar-refractivity contribution is 5.85. The first-order chi connectivity index (χ1) is 13.6. The number of methoxy groups -OCH3 is 2. The average Bonchev–Trinajstić information content (AvgIpc) is 3.20. The van der Waals surface area contributed by atoms with Gasteiger partial charge in [-0.15, -0.1) is 0 Å². The molecule has 1 aliphatic heterocycles. The molecule has 2 aromatic carbocycles. The number of hydrogen-bond acceptors (Lipinski definition) is 5. The quantitative estimate of drug-likeness (QED) is 0.746. The fourth-order valence-electron chi connectivity index (χ4n) is 3.50. The molecule has 0 bridgehead atoms. The minimum atomic E-state index is -0.439. The maximum atomic E-state index is 12.4. The molecule has 1 amide bonds. The number of nitrogens with one attached hydrogen (secondary N) is 1. The van der Waals surface area contributed by atoms with Crippen molar-refractivity contribution in [1.29, 1.82) is 0 Å². The van der Waals surface area contributed by atoms with Crippen molar-refractivity contribution in [3.8, 4) is 16.9 Å². The van der Waals surface area contributed by atoms with E-state index in [0.717, 1.165) is 41.8 Å². The molecule has 0 spiro atoms. The van der Waals surface area contributed by atoms with E-state index < -0.39 is 5.97 Å². The van der Waals surface area contributed by atoms with Crippen molar-refractivity contribution in [2.75, 3.05) is 27.3 Å². The molecular weight excluding hydrogens is 356 g/mol. The predicted octanol–water partition coefficient (Wildman–Crippen LogP) is 2.62. The van der Waals surface area contributed by atoms with Gasteiger partial charge in [0.25, 0.3) is 0 Å². The number of ether oxygens (including phenoxy) is 2. The van der Waals surface area contributed by atoms with Crippen LogP contribution in [0.25, 0.3) is 11.1 Å². The van der Waals surface area contributed by atoms with E-state index in [2.05, 4.69) is 45.3 Å². The molecule has 6 nitrogen and oxygen atoms in total. The van der Waals surface area contributed by atoms with E-state index in [1.165, 1.54) is 7.11 Å². The van der Waals surface area contributed by atoms with Crippen LogP contribution >= 0.6 is 0 Å². The van der Waals surface area contributed by atoms with Crippen molar-refractivity contribution in [3.05, 3.63) is 54.1 Å². The summed E-state index contributed by atoms with van der Waals surface area (Å²) >= 11 is 0. The Balaban J connectivity index is 1.62. The van der Waals surface area contributed by atoms with Crippen LogP contribution in [0.1, 0.15) is 18.4 Å². The summed E-state index contributed by atoms with van der Waals surface area (Å²) < 4.78 is 9.86. The predicted molar refractivity (Wildman–Crippen MR) is 107 cm³/mol. The van der Waals surface area contributed by atoms with Crippen molar-refractivity contribution in [3.63, 3.8) is 0 Å². The van der Waals surface area contributed by atoms with Crippen LogP contribution in [-0.4, -0.2) is 50.1 Å². The topological polar surface area (TPSA) is 67.9 Å². The van der Waals surface area contributed by atoms with Crippen LogP contribution in [0.2, 0.25) is 0 Å². The smallest absolute Gasteiger partial charge is 0.325 e. The Morgan fingerprint density at radius 2 is 1.89 bits per heavy atom. The first-order valence-corrected chi connectivity index (χ1v) is 9.42. The van der Waals surface area contributed by atoms with Crippen molar-refractivity contribution in [2.24, 2.45) is 0 Å². The third-order valence-corrected chi connectivity index (χ3v) is 5.04. The summed E-state index contributed by atoms with van der Waals surface area (Å²) in [6.07, 6.45) is 1.77. The van der Waals surface area contributed by atoms with Crippen molar-refractivity contribution in [1.82, 2.24) is 10.2 Å². The Morgan fingerprint density at radius 1 is 1.11 bits per heavy atom. The first kappa shape index (κ1) is 19.9. The molecular formula is C22H26N2O4. The zero-order valence-corrected chi connectivity index (χ0v) is 16.3. The number of likely N-dealkylation sites (tertiary alicyclic amines) is 1. The van der Waals surface area contributed by atoms with Gasteiger partial charge >= 0.3 is 5.97 Å². The molecule has 1 unspecified atom stereocenters. The van der Waals surface area contributed by atoms with Crippen molar-refractivity contribution >= 4 is 11.9 Å². The monoisotopic (exact) mass is 382 g/mol. The molecule has 6 heteroatoms. The summed E-state index contributed by atoms with van der Waals surface area (Å²) in [5.41, 5.74) is 3.38. The molecule has 1 fully saturated rings. The van der Waals surface area contributed by atoms with Crippen LogP contribution in [0.15, 0.2) is 48.5 Å². The molecule has 0 radical (unpaired) electrons. The fraction of sp³-hybridized carbons (Fsp3) is 0.364. The number of carbonyl (C=O) groups is 2. The Kier molecular flexibility index (Phi) is 6.66. The molecule has 1 N–H and O–H groups in total. The highest BCUT2D eigenvalue weighted by atomic mass is 16.5. The lowest BCUT2D eigenvalue weighted by Gasteiger charge is -2.23.